The zero-order valence-electron chi connectivity index (χ0n) is 45.4. The van der Waals surface area contributed by atoms with Crippen molar-refractivity contribution in [2.24, 2.45) is 51.6 Å². The largest absolute Gasteiger partial charge is 0.481 e. The van der Waals surface area contributed by atoms with Crippen molar-refractivity contribution < 1.29 is 58.2 Å². The van der Waals surface area contributed by atoms with Gasteiger partial charge >= 0.3 is 11.9 Å². The van der Waals surface area contributed by atoms with E-state index in [4.69, 9.17) is 22.9 Å². The Morgan fingerprint density at radius 1 is 0.566 bits per heavy atom. The summed E-state index contributed by atoms with van der Waals surface area (Å²) in [6.45, 7) is 13.7. The van der Waals surface area contributed by atoms with E-state index in [1.54, 1.807) is 78.8 Å². The molecule has 0 aliphatic carbocycles. The van der Waals surface area contributed by atoms with E-state index in [0.717, 1.165) is 0 Å². The molecule has 428 valence electrons. The van der Waals surface area contributed by atoms with E-state index in [1.165, 1.54) is 0 Å². The summed E-state index contributed by atoms with van der Waals surface area (Å²) in [5.74, 6) is -10.9. The maximum atomic E-state index is 14.5. The van der Waals surface area contributed by atoms with Gasteiger partial charge in [-0.1, -0.05) is 105 Å². The van der Waals surface area contributed by atoms with Gasteiger partial charge < -0.3 is 75.7 Å². The Hall–Kier alpha value is -6.89. The summed E-state index contributed by atoms with van der Waals surface area (Å²) in [7, 11) is 0. The van der Waals surface area contributed by atoms with Crippen LogP contribution in [0.3, 0.4) is 0 Å². The predicted molar refractivity (Wildman–Crippen MR) is 285 cm³/mol. The molecule has 8 amide bonds. The second-order valence-electron chi connectivity index (χ2n) is 19.7. The number of hydrogen-bond acceptors (Lipinski definition) is 13. The fourth-order valence-corrected chi connectivity index (χ4v) is 7.69. The summed E-state index contributed by atoms with van der Waals surface area (Å²) >= 11 is 0. The van der Waals surface area contributed by atoms with Crippen LogP contribution in [0.1, 0.15) is 125 Å². The molecule has 18 N–H and O–H groups in total. The molecule has 0 radical (unpaired) electrons. The van der Waals surface area contributed by atoms with Crippen molar-refractivity contribution in [1.29, 1.82) is 0 Å². The molecule has 0 bridgehead atoms. The predicted octanol–water partition coefficient (Wildman–Crippen LogP) is -1.01. The van der Waals surface area contributed by atoms with Crippen LogP contribution in [0.4, 0.5) is 0 Å². The number of carbonyl (C=O) groups excluding carboxylic acids is 8. The first-order valence-corrected chi connectivity index (χ1v) is 26.2. The molecule has 0 fully saturated rings. The molecule has 25 heteroatoms. The average Bonchev–Trinajstić information content (AvgIpc) is 3.37. The van der Waals surface area contributed by atoms with Crippen molar-refractivity contribution in [1.82, 2.24) is 42.5 Å². The highest BCUT2D eigenvalue weighted by Gasteiger charge is 2.36. The third-order valence-electron chi connectivity index (χ3n) is 13.0. The van der Waals surface area contributed by atoms with Gasteiger partial charge in [-0.15, -0.1) is 0 Å². The Balaban J connectivity index is 3.56. The minimum Gasteiger partial charge on any atom is -0.481 e. The number of carbonyl (C=O) groups is 10. The topological polar surface area (TPSA) is 424 Å². The van der Waals surface area contributed by atoms with Crippen molar-refractivity contribution in [3.05, 3.63) is 35.9 Å². The number of carboxylic acids is 2. The van der Waals surface area contributed by atoms with Gasteiger partial charge in [-0.3, -0.25) is 48.1 Å². The minimum absolute atomic E-state index is 0.0200. The number of nitrogens with two attached hydrogens (primary N) is 4. The van der Waals surface area contributed by atoms with Crippen molar-refractivity contribution >= 4 is 65.2 Å². The van der Waals surface area contributed by atoms with Crippen LogP contribution in [-0.2, 0) is 54.4 Å². The Kier molecular flexibility index (Phi) is 31.3. The lowest BCUT2D eigenvalue weighted by molar-refractivity contribution is -0.143. The molecule has 11 unspecified atom stereocenters. The molecule has 25 nitrogen and oxygen atoms in total. The Labute approximate surface area is 446 Å². The third-order valence-corrected chi connectivity index (χ3v) is 13.0. The zero-order chi connectivity index (χ0) is 57.7. The van der Waals surface area contributed by atoms with Crippen LogP contribution < -0.4 is 65.5 Å². The van der Waals surface area contributed by atoms with Crippen LogP contribution in [0, 0.1) is 23.7 Å². The van der Waals surface area contributed by atoms with E-state index >= 15 is 0 Å². The number of rotatable bonds is 37. The van der Waals surface area contributed by atoms with Crippen LogP contribution in [0.15, 0.2) is 35.3 Å². The first-order valence-electron chi connectivity index (χ1n) is 26.2. The first-order chi connectivity index (χ1) is 35.8. The maximum Gasteiger partial charge on any atom is 0.326 e. The van der Waals surface area contributed by atoms with Crippen LogP contribution in [-0.4, -0.2) is 143 Å². The van der Waals surface area contributed by atoms with E-state index in [0.29, 0.717) is 37.7 Å². The van der Waals surface area contributed by atoms with Gasteiger partial charge in [0.05, 0.1) is 19.0 Å². The molecule has 11 atom stereocenters. The van der Waals surface area contributed by atoms with Gasteiger partial charge in [0, 0.05) is 13.0 Å². The van der Waals surface area contributed by atoms with Gasteiger partial charge in [-0.2, -0.15) is 0 Å². The summed E-state index contributed by atoms with van der Waals surface area (Å²) < 4.78 is 0. The van der Waals surface area contributed by atoms with Crippen LogP contribution in [0.2, 0.25) is 0 Å². The second-order valence-corrected chi connectivity index (χ2v) is 19.7. The van der Waals surface area contributed by atoms with Crippen LogP contribution in [0.5, 0.6) is 0 Å². The molecule has 0 heterocycles. The van der Waals surface area contributed by atoms with E-state index in [1.807, 2.05) is 6.92 Å². The number of benzene rings is 1. The summed E-state index contributed by atoms with van der Waals surface area (Å²) in [6.07, 6.45) is 1.68. The number of guanidine groups is 1. The van der Waals surface area contributed by atoms with Gasteiger partial charge in [0.1, 0.15) is 42.3 Å². The normalized spacial score (nSPS) is 15.5. The maximum absolute atomic E-state index is 14.5. The van der Waals surface area contributed by atoms with Gasteiger partial charge in [-0.05, 0) is 74.3 Å². The summed E-state index contributed by atoms with van der Waals surface area (Å²) in [5.41, 5.74) is 23.5. The number of unbranched alkanes of at least 4 members (excludes halogenated alkanes) is 1. The highest BCUT2D eigenvalue weighted by Crippen LogP contribution is 2.15. The molecule has 0 saturated carbocycles. The number of aliphatic imine (C=N–C) groups is 1. The quantitative estimate of drug-likeness (QED) is 0.0216. The SMILES string of the molecule is CCC(C)C(N)C(=O)NC(CCCN=C(N)N)C(=O)NC(CCCCN)C(=O)NC(C(=O)NC(Cc1ccccc1)C(=O)NC(CC(C)C)C(=O)NC(CC(=O)O)C(=O)NCC(=O)NC(C(=O)O)C(C)CC)C(C)CC. The van der Waals surface area contributed by atoms with E-state index in [-0.39, 0.29) is 63.0 Å². The third kappa shape index (κ3) is 25.1. The lowest BCUT2D eigenvalue weighted by atomic mass is 9.96. The fourth-order valence-electron chi connectivity index (χ4n) is 7.69. The molecule has 0 aromatic heterocycles. The summed E-state index contributed by atoms with van der Waals surface area (Å²) in [4.78, 5) is 138. The molecule has 76 heavy (non-hydrogen) atoms. The molecular formula is C51H87N13O12. The molecule has 1 aromatic carbocycles. The minimum atomic E-state index is -1.74. The standard InChI is InChI=1S/C51H87N13O12/c1-9-29(6)40(53)48(73)59-34(21-17-23-56-51(54)55)44(69)58-33(20-15-16-22-52)45(70)64-41(30(7)10-2)49(74)62-36(25-32-18-13-12-14-19-32)47(72)60-35(24-28(4)5)46(71)61-37(26-39(66)67)43(68)57-27-38(65)63-42(50(75)76)31(8)11-3/h12-14,18-19,28-31,33-37,40-42H,9-11,15-17,20-27,52-53H2,1-8H3,(H,57,68)(H,58,69)(H,59,73)(H,60,72)(H,61,71)(H,62,74)(H,63,65)(H,64,70)(H,66,67)(H,75,76)(H4,54,55,56). The fraction of sp³-hybridized carbons (Fsp3) is 0.667. The molecule has 0 aliphatic rings. The van der Waals surface area contributed by atoms with Crippen LogP contribution >= 0.6 is 0 Å². The van der Waals surface area contributed by atoms with Gasteiger partial charge in [-0.25, -0.2) is 4.79 Å². The number of hydrogen-bond donors (Lipinski definition) is 14. The Morgan fingerprint density at radius 3 is 1.61 bits per heavy atom. The second kappa shape index (κ2) is 35.4. The Bertz CT molecular complexity index is 2090. The number of nitrogens with one attached hydrogen (secondary N) is 8. The number of nitrogens with zero attached hydrogens (tertiary/aromatic N) is 1. The molecule has 0 aliphatic heterocycles. The molecular weight excluding hydrogens is 987 g/mol. The van der Waals surface area contributed by atoms with Gasteiger partial charge in [0.15, 0.2) is 5.96 Å². The average molecular weight is 1070 g/mol. The molecule has 0 saturated heterocycles. The van der Waals surface area contributed by atoms with Crippen molar-refractivity contribution in [2.45, 2.75) is 174 Å². The van der Waals surface area contributed by atoms with Gasteiger partial charge in [0.2, 0.25) is 47.3 Å². The zero-order valence-corrected chi connectivity index (χ0v) is 45.4. The monoisotopic (exact) mass is 1070 g/mol. The van der Waals surface area contributed by atoms with E-state index in [9.17, 15) is 58.2 Å². The number of amides is 8. The van der Waals surface area contributed by atoms with Crippen molar-refractivity contribution in [2.75, 3.05) is 19.6 Å². The van der Waals surface area contributed by atoms with E-state index < -0.39 is 132 Å². The lowest BCUT2D eigenvalue weighted by Crippen LogP contribution is -2.61. The molecule has 1 aromatic rings. The molecule has 0 spiro atoms. The van der Waals surface area contributed by atoms with E-state index in [2.05, 4.69) is 47.5 Å². The highest BCUT2D eigenvalue weighted by molar-refractivity contribution is 5.98. The highest BCUT2D eigenvalue weighted by atomic mass is 16.4. The van der Waals surface area contributed by atoms with Gasteiger partial charge in [0.25, 0.3) is 0 Å². The summed E-state index contributed by atoms with van der Waals surface area (Å²) in [5, 5.41) is 39.8. The smallest absolute Gasteiger partial charge is 0.326 e. The Morgan fingerprint density at radius 2 is 1.07 bits per heavy atom. The summed E-state index contributed by atoms with van der Waals surface area (Å²) in [6, 6.07) is -1.75. The molecule has 1 rings (SSSR count). The van der Waals surface area contributed by atoms with Crippen molar-refractivity contribution in [3.63, 3.8) is 0 Å². The number of aliphatic carboxylic acids is 2. The number of carboxylic acid groups (broad SMARTS) is 2. The van der Waals surface area contributed by atoms with Crippen LogP contribution in [0.25, 0.3) is 0 Å². The van der Waals surface area contributed by atoms with Crippen molar-refractivity contribution in [3.8, 4) is 0 Å². The lowest BCUT2D eigenvalue weighted by Gasteiger charge is -2.30. The first kappa shape index (κ1) is 67.1.